The Morgan fingerprint density at radius 1 is 1.11 bits per heavy atom. The first-order chi connectivity index (χ1) is 16.7. The SMILES string of the molecule is C[C@@]1(c2ccc3c(c2)CCC3)NC(=O)N(CC(=O)N(Cc2ccccc2)[C@@H]2CCS(=O)(=O)C2)C1=O. The van der Waals surface area contributed by atoms with Crippen LogP contribution in [0.1, 0.15) is 42.0 Å². The fraction of sp³-hybridized carbons (Fsp3) is 0.423. The van der Waals surface area contributed by atoms with Gasteiger partial charge in [-0.3, -0.25) is 14.5 Å². The lowest BCUT2D eigenvalue weighted by atomic mass is 9.89. The second-order valence-electron chi connectivity index (χ2n) is 9.85. The standard InChI is InChI=1S/C26H29N3O5S/c1-26(21-11-10-19-8-5-9-20(19)14-21)24(31)29(25(32)27-26)16-23(30)28(15-18-6-3-2-4-7-18)22-12-13-35(33,34)17-22/h2-4,6-7,10-11,14,22H,5,8-9,12-13,15-17H2,1H3,(H,27,32)/t22-,26+/m1/s1. The van der Waals surface area contributed by atoms with Crippen molar-refractivity contribution < 1.29 is 22.8 Å². The Kier molecular flexibility index (Phi) is 5.91. The van der Waals surface area contributed by atoms with Crippen LogP contribution in [0.15, 0.2) is 48.5 Å². The van der Waals surface area contributed by atoms with E-state index in [0.29, 0.717) is 12.0 Å². The van der Waals surface area contributed by atoms with Crippen molar-refractivity contribution >= 4 is 27.7 Å². The number of nitrogens with one attached hydrogen (secondary N) is 1. The van der Waals surface area contributed by atoms with Gasteiger partial charge >= 0.3 is 6.03 Å². The summed E-state index contributed by atoms with van der Waals surface area (Å²) in [5.41, 5.74) is 2.76. The summed E-state index contributed by atoms with van der Waals surface area (Å²) in [7, 11) is -3.23. The van der Waals surface area contributed by atoms with Crippen molar-refractivity contribution in [2.75, 3.05) is 18.1 Å². The number of hydrogen-bond acceptors (Lipinski definition) is 5. The van der Waals surface area contributed by atoms with E-state index in [1.165, 1.54) is 16.0 Å². The fourth-order valence-corrected chi connectivity index (χ4v) is 7.10. The highest BCUT2D eigenvalue weighted by Gasteiger charge is 2.50. The average molecular weight is 496 g/mol. The van der Waals surface area contributed by atoms with Gasteiger partial charge in [0.05, 0.1) is 11.5 Å². The molecular weight excluding hydrogens is 466 g/mol. The Morgan fingerprint density at radius 3 is 2.57 bits per heavy atom. The van der Waals surface area contributed by atoms with Crippen molar-refractivity contribution in [2.24, 2.45) is 0 Å². The zero-order valence-corrected chi connectivity index (χ0v) is 20.5. The first-order valence-corrected chi connectivity index (χ1v) is 13.8. The summed E-state index contributed by atoms with van der Waals surface area (Å²) < 4.78 is 24.3. The topological polar surface area (TPSA) is 104 Å². The Bertz CT molecular complexity index is 1290. The van der Waals surface area contributed by atoms with E-state index in [1.807, 2.05) is 48.5 Å². The van der Waals surface area contributed by atoms with E-state index in [4.69, 9.17) is 0 Å². The lowest BCUT2D eigenvalue weighted by Gasteiger charge is -2.30. The molecule has 1 N–H and O–H groups in total. The van der Waals surface area contributed by atoms with E-state index in [2.05, 4.69) is 5.32 Å². The predicted molar refractivity (Wildman–Crippen MR) is 130 cm³/mol. The summed E-state index contributed by atoms with van der Waals surface area (Å²) >= 11 is 0. The van der Waals surface area contributed by atoms with Gasteiger partial charge in [-0.15, -0.1) is 0 Å². The van der Waals surface area contributed by atoms with Gasteiger partial charge < -0.3 is 10.2 Å². The van der Waals surface area contributed by atoms with E-state index < -0.39 is 45.8 Å². The fourth-order valence-electron chi connectivity index (χ4n) is 5.37. The summed E-state index contributed by atoms with van der Waals surface area (Å²) in [6.07, 6.45) is 3.38. The molecule has 4 amide bonds. The van der Waals surface area contributed by atoms with Crippen LogP contribution in [-0.4, -0.2) is 60.2 Å². The van der Waals surface area contributed by atoms with Crippen LogP contribution >= 0.6 is 0 Å². The number of aryl methyl sites for hydroxylation is 2. The summed E-state index contributed by atoms with van der Waals surface area (Å²) in [5.74, 6) is -1.01. The van der Waals surface area contributed by atoms with Crippen LogP contribution in [0.25, 0.3) is 0 Å². The third kappa shape index (κ3) is 4.45. The molecule has 2 atom stereocenters. The molecule has 2 heterocycles. The lowest BCUT2D eigenvalue weighted by Crippen LogP contribution is -2.48. The van der Waals surface area contributed by atoms with Gasteiger partial charge in [0.15, 0.2) is 9.84 Å². The van der Waals surface area contributed by atoms with Gasteiger partial charge in [0.25, 0.3) is 5.91 Å². The number of amides is 4. The van der Waals surface area contributed by atoms with Crippen LogP contribution in [0, 0.1) is 0 Å². The number of carbonyl (C=O) groups is 3. The third-order valence-electron chi connectivity index (χ3n) is 7.41. The van der Waals surface area contributed by atoms with Crippen LogP contribution < -0.4 is 5.32 Å². The second-order valence-corrected chi connectivity index (χ2v) is 12.1. The molecule has 0 spiro atoms. The number of fused-ring (bicyclic) bond motifs is 1. The quantitative estimate of drug-likeness (QED) is 0.619. The number of nitrogens with zero attached hydrogens (tertiary/aromatic N) is 2. The summed E-state index contributed by atoms with van der Waals surface area (Å²) in [6, 6.07) is 14.1. The van der Waals surface area contributed by atoms with Gasteiger partial charge in [0, 0.05) is 12.6 Å². The van der Waals surface area contributed by atoms with Crippen molar-refractivity contribution in [3.05, 3.63) is 70.8 Å². The molecule has 0 aromatic heterocycles. The van der Waals surface area contributed by atoms with E-state index in [1.54, 1.807) is 6.92 Å². The van der Waals surface area contributed by atoms with E-state index in [9.17, 15) is 22.8 Å². The van der Waals surface area contributed by atoms with Crippen LogP contribution in [0.4, 0.5) is 4.79 Å². The van der Waals surface area contributed by atoms with Crippen molar-refractivity contribution in [1.29, 1.82) is 0 Å². The number of urea groups is 1. The molecule has 2 saturated heterocycles. The lowest BCUT2D eigenvalue weighted by molar-refractivity contribution is -0.140. The molecule has 2 aromatic rings. The Hall–Kier alpha value is -3.20. The largest absolute Gasteiger partial charge is 0.333 e. The van der Waals surface area contributed by atoms with Crippen molar-refractivity contribution in [3.63, 3.8) is 0 Å². The van der Waals surface area contributed by atoms with Crippen molar-refractivity contribution in [3.8, 4) is 0 Å². The summed E-state index contributed by atoms with van der Waals surface area (Å²) in [6.45, 7) is 1.44. The number of benzene rings is 2. The molecule has 2 aromatic carbocycles. The van der Waals surface area contributed by atoms with E-state index >= 15 is 0 Å². The molecule has 3 aliphatic rings. The third-order valence-corrected chi connectivity index (χ3v) is 9.16. The maximum Gasteiger partial charge on any atom is 0.325 e. The molecule has 1 aliphatic carbocycles. The molecule has 35 heavy (non-hydrogen) atoms. The maximum absolute atomic E-state index is 13.5. The van der Waals surface area contributed by atoms with Crippen LogP contribution in [0.3, 0.4) is 0 Å². The Balaban J connectivity index is 1.37. The molecule has 9 heteroatoms. The normalized spacial score (nSPS) is 24.9. The van der Waals surface area contributed by atoms with E-state index in [0.717, 1.165) is 29.7 Å². The highest BCUT2D eigenvalue weighted by atomic mass is 32.2. The van der Waals surface area contributed by atoms with Crippen molar-refractivity contribution in [2.45, 2.75) is 50.7 Å². The van der Waals surface area contributed by atoms with Gasteiger partial charge in [-0.1, -0.05) is 48.5 Å². The Morgan fingerprint density at radius 2 is 1.86 bits per heavy atom. The molecule has 8 nitrogen and oxygen atoms in total. The summed E-state index contributed by atoms with van der Waals surface area (Å²) in [5, 5.41) is 2.79. The minimum atomic E-state index is -3.23. The van der Waals surface area contributed by atoms with Gasteiger partial charge in [-0.25, -0.2) is 13.2 Å². The first-order valence-electron chi connectivity index (χ1n) is 12.0. The number of imide groups is 1. The predicted octanol–water partition coefficient (Wildman–Crippen LogP) is 2.16. The minimum Gasteiger partial charge on any atom is -0.333 e. The van der Waals surface area contributed by atoms with E-state index in [-0.39, 0.29) is 18.1 Å². The van der Waals surface area contributed by atoms with Crippen LogP contribution in [0.5, 0.6) is 0 Å². The minimum absolute atomic E-state index is 0.0236. The second kappa shape index (κ2) is 8.78. The summed E-state index contributed by atoms with van der Waals surface area (Å²) in [4.78, 5) is 42.2. The number of sulfone groups is 1. The molecule has 2 aliphatic heterocycles. The molecule has 0 unspecified atom stereocenters. The average Bonchev–Trinajstić information content (AvgIpc) is 3.50. The zero-order valence-electron chi connectivity index (χ0n) is 19.7. The van der Waals surface area contributed by atoms with Gasteiger partial charge in [-0.05, 0) is 54.9 Å². The van der Waals surface area contributed by atoms with Crippen LogP contribution in [0.2, 0.25) is 0 Å². The molecule has 0 radical (unpaired) electrons. The molecule has 0 saturated carbocycles. The van der Waals surface area contributed by atoms with Gasteiger partial charge in [0.2, 0.25) is 5.91 Å². The molecule has 2 fully saturated rings. The van der Waals surface area contributed by atoms with Gasteiger partial charge in [0.1, 0.15) is 12.1 Å². The molecule has 0 bridgehead atoms. The maximum atomic E-state index is 13.5. The smallest absolute Gasteiger partial charge is 0.325 e. The molecular formula is C26H29N3O5S. The zero-order chi connectivity index (χ0) is 24.8. The van der Waals surface area contributed by atoms with Crippen molar-refractivity contribution in [1.82, 2.24) is 15.1 Å². The first kappa shape index (κ1) is 23.5. The number of hydrogen-bond donors (Lipinski definition) is 1. The highest BCUT2D eigenvalue weighted by molar-refractivity contribution is 7.91. The number of rotatable bonds is 6. The number of carbonyl (C=O) groups excluding carboxylic acids is 3. The highest BCUT2D eigenvalue weighted by Crippen LogP contribution is 2.33. The van der Waals surface area contributed by atoms with Crippen LogP contribution in [-0.2, 0) is 44.4 Å². The Labute approximate surface area is 205 Å². The monoisotopic (exact) mass is 495 g/mol. The molecule has 184 valence electrons. The molecule has 5 rings (SSSR count). The van der Waals surface area contributed by atoms with Gasteiger partial charge in [-0.2, -0.15) is 0 Å².